The van der Waals surface area contributed by atoms with Crippen molar-refractivity contribution < 1.29 is 13.9 Å². The van der Waals surface area contributed by atoms with Gasteiger partial charge in [-0.3, -0.25) is 4.79 Å². The van der Waals surface area contributed by atoms with Crippen LogP contribution in [0.5, 0.6) is 11.5 Å². The van der Waals surface area contributed by atoms with Crippen LogP contribution in [0.2, 0.25) is 5.02 Å². The summed E-state index contributed by atoms with van der Waals surface area (Å²) in [6.07, 6.45) is 10.3. The third kappa shape index (κ3) is 4.94. The van der Waals surface area contributed by atoms with E-state index in [9.17, 15) is 4.79 Å². The van der Waals surface area contributed by atoms with Gasteiger partial charge in [0.1, 0.15) is 0 Å². The van der Waals surface area contributed by atoms with Gasteiger partial charge in [-0.1, -0.05) is 43.0 Å². The van der Waals surface area contributed by atoms with Crippen molar-refractivity contribution in [2.24, 2.45) is 5.92 Å². The fraction of sp³-hybridized carbons (Fsp3) is 0.357. The molecule has 0 atom stereocenters. The number of hydrogen-bond acceptors (Lipinski definition) is 5. The summed E-state index contributed by atoms with van der Waals surface area (Å²) < 4.78 is 19.3. The Labute approximate surface area is 209 Å². The zero-order valence-electron chi connectivity index (χ0n) is 20.1. The van der Waals surface area contributed by atoms with E-state index in [1.807, 2.05) is 36.5 Å². The first-order chi connectivity index (χ1) is 17.1. The molecule has 0 N–H and O–H groups in total. The van der Waals surface area contributed by atoms with E-state index < -0.39 is 0 Å². The zero-order chi connectivity index (χ0) is 24.4. The van der Waals surface area contributed by atoms with Gasteiger partial charge >= 0.3 is 0 Å². The molecule has 0 radical (unpaired) electrons. The lowest BCUT2D eigenvalue weighted by Crippen LogP contribution is -2.18. The van der Waals surface area contributed by atoms with Crippen LogP contribution in [0, 0.1) is 5.92 Å². The van der Waals surface area contributed by atoms with Crippen molar-refractivity contribution in [2.45, 2.75) is 45.1 Å². The molecule has 0 bridgehead atoms. The molecule has 2 heterocycles. The van der Waals surface area contributed by atoms with Crippen LogP contribution in [0.25, 0.3) is 22.2 Å². The van der Waals surface area contributed by atoms with Crippen molar-refractivity contribution >= 4 is 22.5 Å². The molecule has 6 nitrogen and oxygen atoms in total. The van der Waals surface area contributed by atoms with Crippen LogP contribution in [0.1, 0.15) is 43.6 Å². The molecule has 0 amide bonds. The SMILES string of the molecule is COc1cc2c(=O)c(-c3cnc(Cc4ccc(Cl)cc4)o3)cn(CC3CCCCC3)c2cc1OC. The molecule has 182 valence electrons. The first-order valence-electron chi connectivity index (χ1n) is 12.0. The molecule has 2 aromatic heterocycles. The molecule has 0 saturated heterocycles. The van der Waals surface area contributed by atoms with Gasteiger partial charge < -0.3 is 18.5 Å². The second-order valence-corrected chi connectivity index (χ2v) is 9.61. The van der Waals surface area contributed by atoms with Gasteiger partial charge in [0.2, 0.25) is 5.43 Å². The van der Waals surface area contributed by atoms with Gasteiger partial charge in [0.15, 0.2) is 23.1 Å². The number of ether oxygens (including phenoxy) is 2. The summed E-state index contributed by atoms with van der Waals surface area (Å²) in [7, 11) is 3.19. The Hall–Kier alpha value is -3.25. The molecule has 1 fully saturated rings. The van der Waals surface area contributed by atoms with Crippen LogP contribution in [0.15, 0.2) is 58.0 Å². The maximum Gasteiger partial charge on any atom is 0.200 e. The lowest BCUT2D eigenvalue weighted by Gasteiger charge is -2.24. The van der Waals surface area contributed by atoms with Gasteiger partial charge in [0, 0.05) is 30.3 Å². The van der Waals surface area contributed by atoms with Crippen molar-refractivity contribution in [2.75, 3.05) is 14.2 Å². The molecule has 0 aliphatic heterocycles. The highest BCUT2D eigenvalue weighted by Crippen LogP contribution is 2.34. The standard InChI is InChI=1S/C28H29ClN2O4/c1-33-24-13-21-23(14-25(24)34-2)31(16-19-6-4-3-5-7-19)17-22(28(21)32)26-15-30-27(35-26)12-18-8-10-20(29)11-9-18/h8-11,13-15,17,19H,3-7,12,16H2,1-2H3. The number of fused-ring (bicyclic) bond motifs is 1. The van der Waals surface area contributed by atoms with Gasteiger partial charge in [-0.25, -0.2) is 4.98 Å². The van der Waals surface area contributed by atoms with Gasteiger partial charge in [-0.2, -0.15) is 0 Å². The molecule has 2 aromatic carbocycles. The summed E-state index contributed by atoms with van der Waals surface area (Å²) >= 11 is 6.00. The Morgan fingerprint density at radius 3 is 2.49 bits per heavy atom. The van der Waals surface area contributed by atoms with Crippen molar-refractivity contribution in [3.05, 3.63) is 75.5 Å². The Balaban J connectivity index is 1.58. The summed E-state index contributed by atoms with van der Waals surface area (Å²) in [5.41, 5.74) is 2.25. The van der Waals surface area contributed by atoms with Gasteiger partial charge in [0.25, 0.3) is 0 Å². The lowest BCUT2D eigenvalue weighted by atomic mass is 9.89. The number of benzene rings is 2. The van der Waals surface area contributed by atoms with E-state index in [0.717, 1.165) is 17.6 Å². The van der Waals surface area contributed by atoms with E-state index in [1.54, 1.807) is 26.5 Å². The van der Waals surface area contributed by atoms with Crippen molar-refractivity contribution in [3.8, 4) is 22.8 Å². The number of aromatic nitrogens is 2. The highest BCUT2D eigenvalue weighted by molar-refractivity contribution is 6.30. The zero-order valence-corrected chi connectivity index (χ0v) is 20.8. The monoisotopic (exact) mass is 492 g/mol. The largest absolute Gasteiger partial charge is 0.493 e. The normalized spacial score (nSPS) is 14.4. The van der Waals surface area contributed by atoms with E-state index in [0.29, 0.717) is 51.5 Å². The average molecular weight is 493 g/mol. The molecule has 1 aliphatic carbocycles. The van der Waals surface area contributed by atoms with Crippen molar-refractivity contribution in [1.29, 1.82) is 0 Å². The van der Waals surface area contributed by atoms with E-state index >= 15 is 0 Å². The maximum absolute atomic E-state index is 13.6. The Morgan fingerprint density at radius 2 is 1.77 bits per heavy atom. The molecule has 1 saturated carbocycles. The predicted octanol–water partition coefficient (Wildman–Crippen LogP) is 6.50. The Morgan fingerprint density at radius 1 is 1.06 bits per heavy atom. The molecule has 7 heteroatoms. The quantitative estimate of drug-likeness (QED) is 0.294. The molecule has 4 aromatic rings. The number of hydrogen-bond donors (Lipinski definition) is 0. The molecule has 5 rings (SSSR count). The van der Waals surface area contributed by atoms with Crippen LogP contribution in [-0.4, -0.2) is 23.8 Å². The second-order valence-electron chi connectivity index (χ2n) is 9.17. The molecule has 0 unspecified atom stereocenters. The number of methoxy groups -OCH3 is 2. The van der Waals surface area contributed by atoms with Crippen LogP contribution in [0.4, 0.5) is 0 Å². The van der Waals surface area contributed by atoms with Crippen molar-refractivity contribution in [3.63, 3.8) is 0 Å². The summed E-state index contributed by atoms with van der Waals surface area (Å²) in [6, 6.07) is 11.2. The van der Waals surface area contributed by atoms with E-state index in [1.165, 1.54) is 32.1 Å². The van der Waals surface area contributed by atoms with Gasteiger partial charge in [-0.05, 0) is 42.5 Å². The Bertz CT molecular complexity index is 1380. The summed E-state index contributed by atoms with van der Waals surface area (Å²) in [6.45, 7) is 0.838. The summed E-state index contributed by atoms with van der Waals surface area (Å²) in [5, 5.41) is 1.26. The van der Waals surface area contributed by atoms with Crippen LogP contribution in [-0.2, 0) is 13.0 Å². The Kier molecular flexibility index (Phi) is 6.82. The number of oxazole rings is 1. The highest BCUT2D eigenvalue weighted by atomic mass is 35.5. The second kappa shape index (κ2) is 10.2. The maximum atomic E-state index is 13.6. The van der Waals surface area contributed by atoms with Crippen molar-refractivity contribution in [1.82, 2.24) is 9.55 Å². The molecule has 1 aliphatic rings. The minimum absolute atomic E-state index is 0.116. The average Bonchev–Trinajstić information content (AvgIpc) is 3.35. The lowest BCUT2D eigenvalue weighted by molar-refractivity contribution is 0.322. The molecular formula is C28H29ClN2O4. The fourth-order valence-electron chi connectivity index (χ4n) is 4.98. The molecule has 35 heavy (non-hydrogen) atoms. The van der Waals surface area contributed by atoms with E-state index in [2.05, 4.69) is 9.55 Å². The van der Waals surface area contributed by atoms with Gasteiger partial charge in [-0.15, -0.1) is 0 Å². The summed E-state index contributed by atoms with van der Waals surface area (Å²) in [5.74, 6) is 2.72. The summed E-state index contributed by atoms with van der Waals surface area (Å²) in [4.78, 5) is 18.1. The van der Waals surface area contributed by atoms with Crippen LogP contribution in [0.3, 0.4) is 0 Å². The van der Waals surface area contributed by atoms with E-state index in [-0.39, 0.29) is 5.43 Å². The topological polar surface area (TPSA) is 66.5 Å². The third-order valence-corrected chi connectivity index (χ3v) is 7.10. The predicted molar refractivity (Wildman–Crippen MR) is 138 cm³/mol. The first-order valence-corrected chi connectivity index (χ1v) is 12.4. The van der Waals surface area contributed by atoms with Crippen LogP contribution < -0.4 is 14.9 Å². The fourth-order valence-corrected chi connectivity index (χ4v) is 5.11. The first kappa shape index (κ1) is 23.5. The molecule has 0 spiro atoms. The number of rotatable bonds is 7. The smallest absolute Gasteiger partial charge is 0.200 e. The third-order valence-electron chi connectivity index (χ3n) is 6.85. The number of halogens is 1. The van der Waals surface area contributed by atoms with E-state index in [4.69, 9.17) is 25.5 Å². The minimum atomic E-state index is -0.116. The molecular weight excluding hydrogens is 464 g/mol. The van der Waals surface area contributed by atoms with Gasteiger partial charge in [0.05, 0.1) is 36.9 Å². The highest BCUT2D eigenvalue weighted by Gasteiger charge is 2.20. The number of pyridine rings is 1. The minimum Gasteiger partial charge on any atom is -0.493 e. The van der Waals surface area contributed by atoms with Crippen LogP contribution >= 0.6 is 11.6 Å². The number of nitrogens with zero attached hydrogens (tertiary/aromatic N) is 2.